The molecule has 0 aromatic rings. The summed E-state index contributed by atoms with van der Waals surface area (Å²) in [6, 6.07) is 0.393. The van der Waals surface area contributed by atoms with Crippen LogP contribution in [0.15, 0.2) is 0 Å². The van der Waals surface area contributed by atoms with Gasteiger partial charge in [0.1, 0.15) is 0 Å². The van der Waals surface area contributed by atoms with Crippen LogP contribution < -0.4 is 11.1 Å². The van der Waals surface area contributed by atoms with Crippen molar-refractivity contribution in [2.24, 2.45) is 11.1 Å². The van der Waals surface area contributed by atoms with Gasteiger partial charge in [-0.15, -0.1) is 0 Å². The van der Waals surface area contributed by atoms with Gasteiger partial charge in [0.25, 0.3) is 0 Å². The highest BCUT2D eigenvalue weighted by atomic mass is 32.1. The summed E-state index contributed by atoms with van der Waals surface area (Å²) in [5.41, 5.74) is 5.27. The Hall–Kier alpha value is -0.680. The highest BCUT2D eigenvalue weighted by molar-refractivity contribution is 7.80. The van der Waals surface area contributed by atoms with E-state index in [1.807, 2.05) is 0 Å². The molecule has 3 N–H and O–H groups in total. The molecule has 0 radical (unpaired) electrons. The van der Waals surface area contributed by atoms with Crippen LogP contribution in [-0.2, 0) is 4.79 Å². The number of piperidine rings is 1. The van der Waals surface area contributed by atoms with E-state index >= 15 is 0 Å². The zero-order valence-electron chi connectivity index (χ0n) is 12.5. The average Bonchev–Trinajstić information content (AvgIpc) is 2.96. The summed E-state index contributed by atoms with van der Waals surface area (Å²) in [5.74, 6) is 0.0476. The first-order chi connectivity index (χ1) is 9.56. The number of nitrogens with zero attached hydrogens (tertiary/aromatic N) is 1. The van der Waals surface area contributed by atoms with Crippen molar-refractivity contribution in [3.05, 3.63) is 0 Å². The van der Waals surface area contributed by atoms with Gasteiger partial charge in [-0.3, -0.25) is 9.69 Å². The molecule has 4 nitrogen and oxygen atoms in total. The molecule has 1 aliphatic carbocycles. The van der Waals surface area contributed by atoms with Crippen molar-refractivity contribution in [1.82, 2.24) is 10.2 Å². The Labute approximate surface area is 127 Å². The highest BCUT2D eigenvalue weighted by Crippen LogP contribution is 2.38. The van der Waals surface area contributed by atoms with Crippen molar-refractivity contribution >= 4 is 23.1 Å². The Balaban J connectivity index is 1.86. The normalized spacial score (nSPS) is 24.2. The predicted molar refractivity (Wildman–Crippen MR) is 85.6 cm³/mol. The Morgan fingerprint density at radius 2 is 1.85 bits per heavy atom. The molecule has 0 aromatic carbocycles. The number of hydrogen-bond donors (Lipinski definition) is 2. The zero-order valence-corrected chi connectivity index (χ0v) is 13.3. The van der Waals surface area contributed by atoms with Crippen LogP contribution in [0.3, 0.4) is 0 Å². The first kappa shape index (κ1) is 15.7. The van der Waals surface area contributed by atoms with Crippen molar-refractivity contribution in [1.29, 1.82) is 0 Å². The Bertz CT molecular complexity index is 360. The Kier molecular flexibility index (Phi) is 5.38. The highest BCUT2D eigenvalue weighted by Gasteiger charge is 2.43. The largest absolute Gasteiger partial charge is 0.392 e. The minimum absolute atomic E-state index is 0.0476. The van der Waals surface area contributed by atoms with Crippen LogP contribution in [0.2, 0.25) is 0 Å². The fourth-order valence-corrected chi connectivity index (χ4v) is 3.76. The number of nitrogens with two attached hydrogens (primary N) is 1. The Morgan fingerprint density at radius 3 is 2.40 bits per heavy atom. The molecule has 1 amide bonds. The van der Waals surface area contributed by atoms with Gasteiger partial charge in [-0.05, 0) is 45.7 Å². The van der Waals surface area contributed by atoms with E-state index in [2.05, 4.69) is 17.1 Å². The van der Waals surface area contributed by atoms with E-state index < -0.39 is 5.41 Å². The summed E-state index contributed by atoms with van der Waals surface area (Å²) in [6.45, 7) is 5.19. The van der Waals surface area contributed by atoms with Gasteiger partial charge in [0.2, 0.25) is 5.91 Å². The van der Waals surface area contributed by atoms with Crippen LogP contribution in [0.4, 0.5) is 0 Å². The molecule has 2 aliphatic rings. The maximum Gasteiger partial charge on any atom is 0.233 e. The van der Waals surface area contributed by atoms with E-state index in [0.29, 0.717) is 17.6 Å². The summed E-state index contributed by atoms with van der Waals surface area (Å²) in [7, 11) is 0. The molecule has 2 fully saturated rings. The lowest BCUT2D eigenvalue weighted by molar-refractivity contribution is -0.127. The lowest BCUT2D eigenvalue weighted by Gasteiger charge is -2.33. The smallest absolute Gasteiger partial charge is 0.233 e. The number of hydrogen-bond acceptors (Lipinski definition) is 3. The fourth-order valence-electron chi connectivity index (χ4n) is 3.46. The summed E-state index contributed by atoms with van der Waals surface area (Å²) < 4.78 is 0. The summed E-state index contributed by atoms with van der Waals surface area (Å²) in [4.78, 5) is 15.3. The fraction of sp³-hybridized carbons (Fsp3) is 0.867. The second-order valence-corrected chi connectivity index (χ2v) is 6.75. The van der Waals surface area contributed by atoms with Crippen LogP contribution in [-0.4, -0.2) is 41.5 Å². The molecule has 1 aliphatic heterocycles. The van der Waals surface area contributed by atoms with Gasteiger partial charge in [0.15, 0.2) is 0 Å². The maximum absolute atomic E-state index is 12.5. The van der Waals surface area contributed by atoms with E-state index in [1.165, 1.54) is 19.3 Å². The van der Waals surface area contributed by atoms with Crippen molar-refractivity contribution in [2.75, 3.05) is 19.6 Å². The number of thiocarbonyl (C=S) groups is 1. The van der Waals surface area contributed by atoms with Gasteiger partial charge in [-0.25, -0.2) is 0 Å². The van der Waals surface area contributed by atoms with Crippen LogP contribution in [0, 0.1) is 5.41 Å². The first-order valence-electron chi connectivity index (χ1n) is 7.88. The molecule has 1 atom stereocenters. The van der Waals surface area contributed by atoms with Crippen LogP contribution in [0.25, 0.3) is 0 Å². The van der Waals surface area contributed by atoms with E-state index in [9.17, 15) is 4.79 Å². The third-order valence-electron chi connectivity index (χ3n) is 4.94. The maximum atomic E-state index is 12.5. The molecule has 0 spiro atoms. The number of carbonyl (C=O) groups excluding carboxylic acids is 1. The second kappa shape index (κ2) is 6.85. The zero-order chi connectivity index (χ0) is 14.6. The van der Waals surface area contributed by atoms with Crippen LogP contribution in [0.5, 0.6) is 0 Å². The standard InChI is InChI=1S/C15H27N3OS/c1-12(18-9-5-2-6-10-18)11-17-14(19)15(13(16)20)7-3-4-8-15/h12H,2-11H2,1H3,(H2,16,20)(H,17,19). The van der Waals surface area contributed by atoms with Gasteiger partial charge in [-0.1, -0.05) is 31.5 Å². The van der Waals surface area contributed by atoms with Crippen LogP contribution in [0.1, 0.15) is 51.9 Å². The number of likely N-dealkylation sites (tertiary alicyclic amines) is 1. The first-order valence-corrected chi connectivity index (χ1v) is 8.29. The van der Waals surface area contributed by atoms with E-state index in [1.54, 1.807) is 0 Å². The minimum Gasteiger partial charge on any atom is -0.392 e. The molecule has 1 unspecified atom stereocenters. The van der Waals surface area contributed by atoms with E-state index in [4.69, 9.17) is 18.0 Å². The third-order valence-corrected chi connectivity index (χ3v) is 5.33. The molecule has 1 saturated carbocycles. The molecule has 0 bridgehead atoms. The molecule has 114 valence electrons. The molecular formula is C15H27N3OS. The topological polar surface area (TPSA) is 58.4 Å². The van der Waals surface area contributed by atoms with Gasteiger partial charge in [0, 0.05) is 12.6 Å². The second-order valence-electron chi connectivity index (χ2n) is 6.31. The molecule has 2 rings (SSSR count). The summed E-state index contributed by atoms with van der Waals surface area (Å²) >= 11 is 5.16. The van der Waals surface area contributed by atoms with E-state index in [-0.39, 0.29) is 5.91 Å². The van der Waals surface area contributed by atoms with Gasteiger partial charge in [-0.2, -0.15) is 0 Å². The van der Waals surface area contributed by atoms with Crippen molar-refractivity contribution in [3.63, 3.8) is 0 Å². The molecule has 0 aromatic heterocycles. The summed E-state index contributed by atoms with van der Waals surface area (Å²) in [5, 5.41) is 3.10. The molecular weight excluding hydrogens is 270 g/mol. The predicted octanol–water partition coefficient (Wildman–Crippen LogP) is 1.82. The molecule has 1 saturated heterocycles. The number of rotatable bonds is 5. The lowest BCUT2D eigenvalue weighted by atomic mass is 9.85. The van der Waals surface area contributed by atoms with Crippen molar-refractivity contribution in [3.8, 4) is 0 Å². The van der Waals surface area contributed by atoms with Gasteiger partial charge >= 0.3 is 0 Å². The van der Waals surface area contributed by atoms with Gasteiger partial charge in [0.05, 0.1) is 10.4 Å². The quantitative estimate of drug-likeness (QED) is 0.760. The molecule has 5 heteroatoms. The van der Waals surface area contributed by atoms with Crippen LogP contribution >= 0.6 is 12.2 Å². The summed E-state index contributed by atoms with van der Waals surface area (Å²) in [6.07, 6.45) is 7.60. The monoisotopic (exact) mass is 297 g/mol. The molecule has 20 heavy (non-hydrogen) atoms. The number of nitrogens with one attached hydrogen (secondary N) is 1. The van der Waals surface area contributed by atoms with Crippen molar-refractivity contribution in [2.45, 2.75) is 57.9 Å². The third kappa shape index (κ3) is 3.31. The number of amides is 1. The minimum atomic E-state index is -0.572. The lowest BCUT2D eigenvalue weighted by Crippen LogP contribution is -2.51. The Morgan fingerprint density at radius 1 is 1.25 bits per heavy atom. The number of carbonyl (C=O) groups is 1. The molecule has 1 heterocycles. The van der Waals surface area contributed by atoms with E-state index in [0.717, 1.165) is 38.8 Å². The SMILES string of the molecule is CC(CNC(=O)C1(C(N)=S)CCCC1)N1CCCCC1. The average molecular weight is 297 g/mol. The van der Waals surface area contributed by atoms with Gasteiger partial charge < -0.3 is 11.1 Å². The van der Waals surface area contributed by atoms with Crippen molar-refractivity contribution < 1.29 is 4.79 Å².